The Morgan fingerprint density at radius 2 is 1.81 bits per heavy atom. The van der Waals surface area contributed by atoms with Crippen LogP contribution in [-0.4, -0.2) is 20.6 Å². The van der Waals surface area contributed by atoms with Crippen molar-refractivity contribution in [3.8, 4) is 17.5 Å². The summed E-state index contributed by atoms with van der Waals surface area (Å²) < 4.78 is 7.03. The lowest BCUT2D eigenvalue weighted by molar-refractivity contribution is -0.384. The molecule has 0 spiro atoms. The van der Waals surface area contributed by atoms with E-state index in [0.29, 0.717) is 29.1 Å². The second kappa shape index (κ2) is 11.0. The van der Waals surface area contributed by atoms with Gasteiger partial charge in [-0.1, -0.05) is 42.5 Å². The summed E-state index contributed by atoms with van der Waals surface area (Å²) in [6.07, 6.45) is 0.307. The number of amides is 1. The van der Waals surface area contributed by atoms with Gasteiger partial charge in [-0.2, -0.15) is 10.4 Å². The smallest absolute Gasteiger partial charge is 0.294 e. The third kappa shape index (κ3) is 5.68. The molecule has 0 bridgehead atoms. The number of nitriles is 1. The van der Waals surface area contributed by atoms with E-state index in [1.807, 2.05) is 0 Å². The molecule has 0 aliphatic heterocycles. The normalized spacial score (nSPS) is 10.4. The number of nitro benzene ring substituents is 1. The average Bonchev–Trinajstić information content (AvgIpc) is 2.89. The van der Waals surface area contributed by atoms with Crippen molar-refractivity contribution in [2.24, 2.45) is 0 Å². The molecular weight excluding hydrogens is 474 g/mol. The Hall–Kier alpha value is -5.30. The van der Waals surface area contributed by atoms with Crippen LogP contribution in [0.2, 0.25) is 0 Å². The van der Waals surface area contributed by atoms with Crippen LogP contribution in [0.3, 0.4) is 0 Å². The van der Waals surface area contributed by atoms with E-state index >= 15 is 0 Å². The third-order valence-corrected chi connectivity index (χ3v) is 5.50. The number of nitro groups is 1. The first kappa shape index (κ1) is 24.8. The molecule has 0 aliphatic rings. The number of rotatable bonds is 8. The second-order valence-corrected chi connectivity index (χ2v) is 8.03. The molecule has 184 valence electrons. The number of nitrogens with zero attached hydrogens (tertiary/aromatic N) is 4. The molecule has 4 aromatic rings. The highest BCUT2D eigenvalue weighted by Gasteiger charge is 2.21. The van der Waals surface area contributed by atoms with Gasteiger partial charge in [0.25, 0.3) is 11.6 Å². The summed E-state index contributed by atoms with van der Waals surface area (Å²) in [6.45, 7) is 1.71. The van der Waals surface area contributed by atoms with E-state index < -0.39 is 22.0 Å². The number of para-hydroxylation sites is 3. The lowest BCUT2D eigenvalue weighted by Gasteiger charge is -2.14. The Labute approximate surface area is 211 Å². The van der Waals surface area contributed by atoms with E-state index in [0.717, 1.165) is 5.56 Å². The molecule has 0 radical (unpaired) electrons. The van der Waals surface area contributed by atoms with Crippen LogP contribution in [0.15, 0.2) is 83.7 Å². The Balaban J connectivity index is 1.58. The predicted octanol–water partition coefficient (Wildman–Crippen LogP) is 4.35. The first-order chi connectivity index (χ1) is 17.9. The fraction of sp³-hybridized carbons (Fsp3) is 0.111. The third-order valence-electron chi connectivity index (χ3n) is 5.50. The molecule has 1 amide bonds. The molecule has 1 aromatic heterocycles. The van der Waals surface area contributed by atoms with Crippen LogP contribution >= 0.6 is 0 Å². The molecule has 0 atom stereocenters. The SMILES string of the molecule is Cc1cc(=O)c(C(=O)Nc2ccccc2COc2ccc(CC#N)cc2)nn1-c1ccccc1[N+](=O)[O-]. The van der Waals surface area contributed by atoms with E-state index in [1.54, 1.807) is 61.5 Å². The van der Waals surface area contributed by atoms with Gasteiger partial charge in [0, 0.05) is 29.1 Å². The average molecular weight is 495 g/mol. The number of carbonyl (C=O) groups is 1. The van der Waals surface area contributed by atoms with Gasteiger partial charge >= 0.3 is 0 Å². The maximum absolute atomic E-state index is 13.1. The van der Waals surface area contributed by atoms with Gasteiger partial charge in [0.15, 0.2) is 5.69 Å². The Bertz CT molecular complexity index is 1570. The lowest BCUT2D eigenvalue weighted by atomic mass is 10.1. The summed E-state index contributed by atoms with van der Waals surface area (Å²) in [5, 5.41) is 27.1. The zero-order valence-electron chi connectivity index (χ0n) is 19.7. The summed E-state index contributed by atoms with van der Waals surface area (Å²) in [5.74, 6) is -0.166. The van der Waals surface area contributed by atoms with Crippen molar-refractivity contribution in [3.05, 3.63) is 122 Å². The van der Waals surface area contributed by atoms with E-state index in [9.17, 15) is 19.7 Å². The molecule has 0 fully saturated rings. The molecule has 4 rings (SSSR count). The van der Waals surface area contributed by atoms with Crippen molar-refractivity contribution < 1.29 is 14.5 Å². The van der Waals surface area contributed by atoms with E-state index in [1.165, 1.54) is 28.9 Å². The molecule has 0 saturated carbocycles. The number of ether oxygens (including phenoxy) is 1. The van der Waals surface area contributed by atoms with Crippen LogP contribution in [-0.2, 0) is 13.0 Å². The van der Waals surface area contributed by atoms with E-state index in [4.69, 9.17) is 10.00 Å². The number of anilines is 1. The predicted molar refractivity (Wildman–Crippen MR) is 136 cm³/mol. The molecule has 3 aromatic carbocycles. The van der Waals surface area contributed by atoms with Crippen LogP contribution in [0.5, 0.6) is 5.75 Å². The zero-order valence-corrected chi connectivity index (χ0v) is 19.7. The molecule has 0 unspecified atom stereocenters. The minimum Gasteiger partial charge on any atom is -0.489 e. The molecule has 10 nitrogen and oxygen atoms in total. The summed E-state index contributed by atoms with van der Waals surface area (Å²) in [4.78, 5) is 36.6. The van der Waals surface area contributed by atoms with Gasteiger partial charge in [0.2, 0.25) is 5.43 Å². The number of aromatic nitrogens is 2. The maximum atomic E-state index is 13.1. The van der Waals surface area contributed by atoms with Crippen LogP contribution in [0.4, 0.5) is 11.4 Å². The maximum Gasteiger partial charge on any atom is 0.294 e. The van der Waals surface area contributed by atoms with E-state index in [-0.39, 0.29) is 18.0 Å². The first-order valence-electron chi connectivity index (χ1n) is 11.2. The highest BCUT2D eigenvalue weighted by Crippen LogP contribution is 2.23. The first-order valence-corrected chi connectivity index (χ1v) is 11.2. The number of aryl methyl sites for hydroxylation is 1. The monoisotopic (exact) mass is 495 g/mol. The zero-order chi connectivity index (χ0) is 26.4. The highest BCUT2D eigenvalue weighted by molar-refractivity contribution is 6.03. The molecule has 0 saturated heterocycles. The largest absolute Gasteiger partial charge is 0.489 e. The van der Waals surface area contributed by atoms with Crippen LogP contribution < -0.4 is 15.5 Å². The summed E-state index contributed by atoms with van der Waals surface area (Å²) in [6, 6.07) is 23.3. The number of carbonyl (C=O) groups excluding carboxylic acids is 1. The number of benzene rings is 3. The van der Waals surface area contributed by atoms with Gasteiger partial charge in [-0.3, -0.25) is 19.7 Å². The van der Waals surface area contributed by atoms with Crippen LogP contribution in [0, 0.1) is 28.4 Å². The summed E-state index contributed by atoms with van der Waals surface area (Å²) >= 11 is 0. The van der Waals surface area contributed by atoms with Crippen molar-refractivity contribution in [2.75, 3.05) is 5.32 Å². The minimum absolute atomic E-state index is 0.133. The van der Waals surface area contributed by atoms with Crippen molar-refractivity contribution in [1.29, 1.82) is 5.26 Å². The minimum atomic E-state index is -0.759. The lowest BCUT2D eigenvalue weighted by Crippen LogP contribution is -2.27. The molecule has 0 aliphatic carbocycles. The van der Waals surface area contributed by atoms with Crippen molar-refractivity contribution in [1.82, 2.24) is 9.78 Å². The highest BCUT2D eigenvalue weighted by atomic mass is 16.6. The van der Waals surface area contributed by atoms with Gasteiger partial charge in [0.05, 0.1) is 17.4 Å². The molecule has 1 heterocycles. The molecular formula is C27H21N5O5. The quantitative estimate of drug-likeness (QED) is 0.283. The fourth-order valence-corrected chi connectivity index (χ4v) is 3.65. The number of hydrogen-bond acceptors (Lipinski definition) is 7. The van der Waals surface area contributed by atoms with Gasteiger partial charge in [0.1, 0.15) is 18.0 Å². The molecule has 1 N–H and O–H groups in total. The topological polar surface area (TPSA) is 140 Å². The fourth-order valence-electron chi connectivity index (χ4n) is 3.65. The van der Waals surface area contributed by atoms with Crippen molar-refractivity contribution >= 4 is 17.3 Å². The van der Waals surface area contributed by atoms with Crippen LogP contribution in [0.1, 0.15) is 27.3 Å². The van der Waals surface area contributed by atoms with E-state index in [2.05, 4.69) is 16.5 Å². The van der Waals surface area contributed by atoms with Gasteiger partial charge in [-0.15, -0.1) is 0 Å². The molecule has 10 heteroatoms. The summed E-state index contributed by atoms with van der Waals surface area (Å²) in [7, 11) is 0. The van der Waals surface area contributed by atoms with Gasteiger partial charge < -0.3 is 10.1 Å². The van der Waals surface area contributed by atoms with Crippen LogP contribution in [0.25, 0.3) is 5.69 Å². The van der Waals surface area contributed by atoms with Crippen molar-refractivity contribution in [3.63, 3.8) is 0 Å². The second-order valence-electron chi connectivity index (χ2n) is 8.03. The Kier molecular flexibility index (Phi) is 7.35. The van der Waals surface area contributed by atoms with Gasteiger partial charge in [-0.25, -0.2) is 4.68 Å². The van der Waals surface area contributed by atoms with Crippen molar-refractivity contribution in [2.45, 2.75) is 20.0 Å². The number of hydrogen-bond donors (Lipinski definition) is 1. The summed E-state index contributed by atoms with van der Waals surface area (Å²) in [5.41, 5.74) is 1.19. The Morgan fingerprint density at radius 3 is 2.54 bits per heavy atom. The van der Waals surface area contributed by atoms with Gasteiger partial charge in [-0.05, 0) is 36.8 Å². The standard InChI is InChI=1S/C27H21N5O5/c1-18-16-25(33)26(30-31(18)23-8-4-5-9-24(23)32(35)36)27(34)29-22-7-3-2-6-20(22)17-37-21-12-10-19(11-13-21)14-15-28/h2-13,16H,14,17H2,1H3,(H,29,34). The Morgan fingerprint density at radius 1 is 1.11 bits per heavy atom. The molecule has 37 heavy (non-hydrogen) atoms. The number of nitrogens with one attached hydrogen (secondary N) is 1.